The Balaban J connectivity index is 0.00000128. The van der Waals surface area contributed by atoms with Gasteiger partial charge < -0.3 is 5.73 Å². The fourth-order valence-electron chi connectivity index (χ4n) is 4.09. The molecule has 2 heteroatoms. The van der Waals surface area contributed by atoms with E-state index in [9.17, 15) is 0 Å². The van der Waals surface area contributed by atoms with E-state index in [1.807, 2.05) is 0 Å². The first-order chi connectivity index (χ1) is 7.35. The van der Waals surface area contributed by atoms with E-state index in [1.165, 1.54) is 51.4 Å². The minimum Gasteiger partial charge on any atom is -0.330 e. The Morgan fingerprint density at radius 1 is 1.12 bits per heavy atom. The number of halogens is 1. The minimum absolute atomic E-state index is 0. The Bertz CT molecular complexity index is 193. The molecular formula is C14H28ClN. The predicted octanol–water partition coefficient (Wildman–Crippen LogP) is 4.00. The maximum Gasteiger partial charge on any atom is -0.00745 e. The quantitative estimate of drug-likeness (QED) is 0.799. The van der Waals surface area contributed by atoms with Crippen molar-refractivity contribution in [3.8, 4) is 0 Å². The highest BCUT2D eigenvalue weighted by Gasteiger charge is 2.36. The van der Waals surface area contributed by atoms with E-state index < -0.39 is 0 Å². The van der Waals surface area contributed by atoms with Crippen LogP contribution in [0.1, 0.15) is 58.3 Å². The van der Waals surface area contributed by atoms with Crippen molar-refractivity contribution in [1.29, 1.82) is 0 Å². The van der Waals surface area contributed by atoms with Crippen molar-refractivity contribution in [2.45, 2.75) is 58.3 Å². The van der Waals surface area contributed by atoms with Crippen LogP contribution >= 0.6 is 12.4 Å². The van der Waals surface area contributed by atoms with E-state index in [4.69, 9.17) is 5.73 Å². The van der Waals surface area contributed by atoms with Gasteiger partial charge in [0, 0.05) is 0 Å². The van der Waals surface area contributed by atoms with Crippen molar-refractivity contribution in [2.24, 2.45) is 29.4 Å². The van der Waals surface area contributed by atoms with Crippen molar-refractivity contribution < 1.29 is 0 Å². The van der Waals surface area contributed by atoms with Crippen LogP contribution in [0, 0.1) is 23.7 Å². The van der Waals surface area contributed by atoms with E-state index >= 15 is 0 Å². The van der Waals surface area contributed by atoms with Crippen molar-refractivity contribution in [1.82, 2.24) is 0 Å². The third kappa shape index (κ3) is 3.13. The van der Waals surface area contributed by atoms with Crippen molar-refractivity contribution >= 4 is 12.4 Å². The van der Waals surface area contributed by atoms with Crippen LogP contribution in [-0.2, 0) is 0 Å². The molecule has 0 bridgehead atoms. The molecule has 2 aliphatic rings. The number of fused-ring (bicyclic) bond motifs is 1. The summed E-state index contributed by atoms with van der Waals surface area (Å²) in [5.74, 6) is 4.12. The molecule has 2 fully saturated rings. The fourth-order valence-corrected chi connectivity index (χ4v) is 4.09. The van der Waals surface area contributed by atoms with Crippen molar-refractivity contribution in [3.05, 3.63) is 0 Å². The Morgan fingerprint density at radius 2 is 1.94 bits per heavy atom. The normalized spacial score (nSPS) is 38.6. The molecule has 2 rings (SSSR count). The molecule has 0 heterocycles. The van der Waals surface area contributed by atoms with Crippen LogP contribution in [0.3, 0.4) is 0 Å². The maximum atomic E-state index is 5.75. The molecule has 0 aromatic carbocycles. The smallest absolute Gasteiger partial charge is 0.00745 e. The van der Waals surface area contributed by atoms with Crippen molar-refractivity contribution in [3.63, 3.8) is 0 Å². The third-order valence-electron chi connectivity index (χ3n) is 5.03. The Hall–Kier alpha value is 0.250. The summed E-state index contributed by atoms with van der Waals surface area (Å²) in [4.78, 5) is 0. The zero-order chi connectivity index (χ0) is 10.7. The lowest BCUT2D eigenvalue weighted by Gasteiger charge is -2.44. The van der Waals surface area contributed by atoms with Gasteiger partial charge in [0.15, 0.2) is 0 Å². The zero-order valence-electron chi connectivity index (χ0n) is 10.7. The summed E-state index contributed by atoms with van der Waals surface area (Å²) in [6.45, 7) is 3.27. The van der Waals surface area contributed by atoms with E-state index in [1.54, 1.807) is 0 Å². The van der Waals surface area contributed by atoms with Gasteiger partial charge >= 0.3 is 0 Å². The number of rotatable bonds is 3. The molecule has 0 aromatic heterocycles. The molecule has 0 spiro atoms. The van der Waals surface area contributed by atoms with Crippen LogP contribution in [0.4, 0.5) is 0 Å². The third-order valence-corrected chi connectivity index (χ3v) is 5.03. The van der Waals surface area contributed by atoms with Gasteiger partial charge in [0.25, 0.3) is 0 Å². The average molecular weight is 246 g/mol. The summed E-state index contributed by atoms with van der Waals surface area (Å²) in [5.41, 5.74) is 5.75. The monoisotopic (exact) mass is 245 g/mol. The second-order valence-corrected chi connectivity index (χ2v) is 5.78. The van der Waals surface area contributed by atoms with Gasteiger partial charge in [-0.05, 0) is 49.5 Å². The number of nitrogens with two attached hydrogens (primary N) is 1. The summed E-state index contributed by atoms with van der Waals surface area (Å²) in [6, 6.07) is 0. The predicted molar refractivity (Wildman–Crippen MR) is 72.9 cm³/mol. The van der Waals surface area contributed by atoms with Gasteiger partial charge in [-0.2, -0.15) is 0 Å². The summed E-state index contributed by atoms with van der Waals surface area (Å²) >= 11 is 0. The molecule has 0 aromatic rings. The Labute approximate surface area is 107 Å². The molecule has 1 nitrogen and oxygen atoms in total. The van der Waals surface area contributed by atoms with Gasteiger partial charge in [-0.15, -0.1) is 12.4 Å². The first-order valence-corrected chi connectivity index (χ1v) is 7.05. The lowest BCUT2D eigenvalue weighted by molar-refractivity contribution is 0.0692. The summed E-state index contributed by atoms with van der Waals surface area (Å²) in [6.07, 6.45) is 11.7. The van der Waals surface area contributed by atoms with E-state index in [-0.39, 0.29) is 12.4 Å². The highest BCUT2D eigenvalue weighted by Crippen LogP contribution is 2.47. The second-order valence-electron chi connectivity index (χ2n) is 5.78. The molecule has 2 N–H and O–H groups in total. The molecule has 2 saturated carbocycles. The molecule has 0 saturated heterocycles. The molecule has 96 valence electrons. The summed E-state index contributed by atoms with van der Waals surface area (Å²) in [5, 5.41) is 0. The number of hydrogen-bond acceptors (Lipinski definition) is 1. The van der Waals surface area contributed by atoms with E-state index in [0.29, 0.717) is 0 Å². The zero-order valence-corrected chi connectivity index (χ0v) is 11.5. The molecular weight excluding hydrogens is 218 g/mol. The SMILES string of the molecule is CCC1CCC2CCCC(CCN)C2C1.Cl. The molecule has 0 amide bonds. The van der Waals surface area contributed by atoms with E-state index in [2.05, 4.69) is 6.92 Å². The standard InChI is InChI=1S/C14H27N.ClH/c1-2-11-6-7-12-4-3-5-13(8-9-15)14(12)10-11;/h11-14H,2-10,15H2,1H3;1H. The van der Waals surface area contributed by atoms with Crippen LogP contribution in [-0.4, -0.2) is 6.54 Å². The van der Waals surface area contributed by atoms with Gasteiger partial charge in [-0.25, -0.2) is 0 Å². The van der Waals surface area contributed by atoms with Gasteiger partial charge in [0.2, 0.25) is 0 Å². The average Bonchev–Trinajstić information content (AvgIpc) is 2.29. The van der Waals surface area contributed by atoms with Crippen LogP contribution in [0.15, 0.2) is 0 Å². The van der Waals surface area contributed by atoms with Crippen molar-refractivity contribution in [2.75, 3.05) is 6.54 Å². The largest absolute Gasteiger partial charge is 0.330 e. The molecule has 16 heavy (non-hydrogen) atoms. The van der Waals surface area contributed by atoms with Gasteiger partial charge in [-0.1, -0.05) is 39.0 Å². The molecule has 2 aliphatic carbocycles. The molecule has 4 unspecified atom stereocenters. The summed E-state index contributed by atoms with van der Waals surface area (Å²) in [7, 11) is 0. The number of hydrogen-bond donors (Lipinski definition) is 1. The minimum atomic E-state index is 0. The van der Waals surface area contributed by atoms with E-state index in [0.717, 1.165) is 30.2 Å². The highest BCUT2D eigenvalue weighted by atomic mass is 35.5. The van der Waals surface area contributed by atoms with Crippen LogP contribution in [0.5, 0.6) is 0 Å². The summed E-state index contributed by atoms with van der Waals surface area (Å²) < 4.78 is 0. The highest BCUT2D eigenvalue weighted by molar-refractivity contribution is 5.85. The molecule has 0 radical (unpaired) electrons. The lowest BCUT2D eigenvalue weighted by atomic mass is 9.62. The fraction of sp³-hybridized carbons (Fsp3) is 1.00. The Kier molecular flexibility index (Phi) is 6.13. The van der Waals surface area contributed by atoms with Gasteiger partial charge in [0.05, 0.1) is 0 Å². The maximum absolute atomic E-state index is 5.75. The Morgan fingerprint density at radius 3 is 2.62 bits per heavy atom. The first-order valence-electron chi connectivity index (χ1n) is 7.05. The van der Waals surface area contributed by atoms with Crippen LogP contribution < -0.4 is 5.73 Å². The topological polar surface area (TPSA) is 26.0 Å². The second kappa shape index (κ2) is 6.86. The first kappa shape index (κ1) is 14.3. The van der Waals surface area contributed by atoms with Gasteiger partial charge in [0.1, 0.15) is 0 Å². The van der Waals surface area contributed by atoms with Gasteiger partial charge in [-0.3, -0.25) is 0 Å². The van der Waals surface area contributed by atoms with Crippen LogP contribution in [0.2, 0.25) is 0 Å². The lowest BCUT2D eigenvalue weighted by Crippen LogP contribution is -2.34. The molecule has 0 aliphatic heterocycles. The van der Waals surface area contributed by atoms with Crippen LogP contribution in [0.25, 0.3) is 0 Å². The molecule has 4 atom stereocenters.